The molecule has 1 fully saturated rings. The molecule has 5 heteroatoms. The number of nitrogens with one attached hydrogen (secondary N) is 2. The van der Waals surface area contributed by atoms with Crippen molar-refractivity contribution in [1.29, 1.82) is 0 Å². The molecule has 1 aliphatic rings. The second-order valence-electron chi connectivity index (χ2n) is 4.93. The van der Waals surface area contributed by atoms with Crippen LogP contribution in [0, 0.1) is 0 Å². The summed E-state index contributed by atoms with van der Waals surface area (Å²) in [6, 6.07) is 9.60. The molecule has 1 unspecified atom stereocenters. The highest BCUT2D eigenvalue weighted by molar-refractivity contribution is 5.91. The SMILES string of the molecule is O=C(CC1CCCO1)Nc1ccc(-c2ccn[nH]2)cc1. The van der Waals surface area contributed by atoms with Crippen molar-refractivity contribution in [3.8, 4) is 11.3 Å². The Morgan fingerprint density at radius 1 is 1.35 bits per heavy atom. The molecule has 1 aromatic heterocycles. The zero-order chi connectivity index (χ0) is 13.8. The summed E-state index contributed by atoms with van der Waals surface area (Å²) in [5, 5.41) is 9.72. The Labute approximate surface area is 117 Å². The van der Waals surface area contributed by atoms with E-state index in [2.05, 4.69) is 15.5 Å². The molecule has 1 atom stereocenters. The van der Waals surface area contributed by atoms with Crippen molar-refractivity contribution in [3.63, 3.8) is 0 Å². The van der Waals surface area contributed by atoms with Crippen molar-refractivity contribution in [1.82, 2.24) is 10.2 Å². The molecule has 20 heavy (non-hydrogen) atoms. The summed E-state index contributed by atoms with van der Waals surface area (Å²) in [7, 11) is 0. The van der Waals surface area contributed by atoms with E-state index in [0.29, 0.717) is 6.42 Å². The Morgan fingerprint density at radius 2 is 2.20 bits per heavy atom. The van der Waals surface area contributed by atoms with E-state index in [-0.39, 0.29) is 12.0 Å². The van der Waals surface area contributed by atoms with Crippen LogP contribution < -0.4 is 5.32 Å². The Kier molecular flexibility index (Phi) is 3.78. The number of anilines is 1. The highest BCUT2D eigenvalue weighted by Gasteiger charge is 2.18. The number of hydrogen-bond donors (Lipinski definition) is 2. The van der Waals surface area contributed by atoms with Crippen LogP contribution in [0.15, 0.2) is 36.5 Å². The lowest BCUT2D eigenvalue weighted by Gasteiger charge is -2.10. The molecule has 1 aromatic carbocycles. The van der Waals surface area contributed by atoms with Crippen molar-refractivity contribution in [2.75, 3.05) is 11.9 Å². The molecule has 2 aromatic rings. The third kappa shape index (κ3) is 3.05. The van der Waals surface area contributed by atoms with Crippen molar-refractivity contribution < 1.29 is 9.53 Å². The summed E-state index contributed by atoms with van der Waals surface area (Å²) in [4.78, 5) is 11.9. The molecule has 0 radical (unpaired) electrons. The highest BCUT2D eigenvalue weighted by atomic mass is 16.5. The Bertz CT molecular complexity index is 557. The maximum Gasteiger partial charge on any atom is 0.226 e. The van der Waals surface area contributed by atoms with Gasteiger partial charge >= 0.3 is 0 Å². The molecule has 1 saturated heterocycles. The molecule has 0 aliphatic carbocycles. The van der Waals surface area contributed by atoms with Gasteiger partial charge in [0.1, 0.15) is 0 Å². The normalized spacial score (nSPS) is 18.1. The first-order chi connectivity index (χ1) is 9.81. The summed E-state index contributed by atoms with van der Waals surface area (Å²) >= 11 is 0. The van der Waals surface area contributed by atoms with Gasteiger partial charge in [-0.05, 0) is 36.6 Å². The standard InChI is InChI=1S/C15H17N3O2/c19-15(10-13-2-1-9-20-13)17-12-5-3-11(4-6-12)14-7-8-16-18-14/h3-8,13H,1-2,9-10H2,(H,16,18)(H,17,19). The Morgan fingerprint density at radius 3 is 2.85 bits per heavy atom. The minimum Gasteiger partial charge on any atom is -0.378 e. The van der Waals surface area contributed by atoms with E-state index in [1.807, 2.05) is 30.3 Å². The third-order valence-corrected chi connectivity index (χ3v) is 3.42. The third-order valence-electron chi connectivity index (χ3n) is 3.42. The van der Waals surface area contributed by atoms with Gasteiger partial charge in [0, 0.05) is 18.5 Å². The number of rotatable bonds is 4. The van der Waals surface area contributed by atoms with Crippen LogP contribution in [-0.2, 0) is 9.53 Å². The number of carbonyl (C=O) groups is 1. The van der Waals surface area contributed by atoms with Gasteiger partial charge in [0.25, 0.3) is 0 Å². The van der Waals surface area contributed by atoms with Crippen LogP contribution in [0.2, 0.25) is 0 Å². The van der Waals surface area contributed by atoms with E-state index < -0.39 is 0 Å². The fraction of sp³-hybridized carbons (Fsp3) is 0.333. The number of nitrogens with zero attached hydrogens (tertiary/aromatic N) is 1. The predicted molar refractivity (Wildman–Crippen MR) is 76.2 cm³/mol. The van der Waals surface area contributed by atoms with Crippen LogP contribution >= 0.6 is 0 Å². The van der Waals surface area contributed by atoms with E-state index >= 15 is 0 Å². The molecule has 0 saturated carbocycles. The lowest BCUT2D eigenvalue weighted by Crippen LogP contribution is -2.19. The molecule has 2 N–H and O–H groups in total. The Balaban J connectivity index is 1.59. The summed E-state index contributed by atoms with van der Waals surface area (Å²) in [5.41, 5.74) is 2.80. The molecule has 104 valence electrons. The molecule has 2 heterocycles. The van der Waals surface area contributed by atoms with Gasteiger partial charge < -0.3 is 10.1 Å². The first-order valence-corrected chi connectivity index (χ1v) is 6.82. The van der Waals surface area contributed by atoms with Gasteiger partial charge in [-0.2, -0.15) is 5.10 Å². The summed E-state index contributed by atoms with van der Waals surface area (Å²) in [5.74, 6) is 0.00573. The van der Waals surface area contributed by atoms with Gasteiger partial charge in [-0.3, -0.25) is 9.89 Å². The van der Waals surface area contributed by atoms with Gasteiger partial charge in [-0.15, -0.1) is 0 Å². The summed E-state index contributed by atoms with van der Waals surface area (Å²) in [6.07, 6.45) is 4.26. The lowest BCUT2D eigenvalue weighted by atomic mass is 10.1. The minimum atomic E-state index is 0.00573. The number of benzene rings is 1. The molecule has 0 bridgehead atoms. The molecule has 1 aliphatic heterocycles. The van der Waals surface area contributed by atoms with Gasteiger partial charge in [0.2, 0.25) is 5.91 Å². The summed E-state index contributed by atoms with van der Waals surface area (Å²) in [6.45, 7) is 0.775. The molecule has 3 rings (SSSR count). The molecule has 5 nitrogen and oxygen atoms in total. The Hall–Kier alpha value is -2.14. The van der Waals surface area contributed by atoms with Gasteiger partial charge in [-0.25, -0.2) is 0 Å². The second kappa shape index (κ2) is 5.88. The van der Waals surface area contributed by atoms with Crippen LogP contribution in [0.25, 0.3) is 11.3 Å². The van der Waals surface area contributed by atoms with E-state index in [0.717, 1.165) is 36.4 Å². The monoisotopic (exact) mass is 271 g/mol. The fourth-order valence-electron chi connectivity index (χ4n) is 2.37. The molecular formula is C15H17N3O2. The number of aromatic nitrogens is 2. The van der Waals surface area contributed by atoms with Crippen LogP contribution in [-0.4, -0.2) is 28.8 Å². The first kappa shape index (κ1) is 12.9. The highest BCUT2D eigenvalue weighted by Crippen LogP contribution is 2.20. The number of carbonyl (C=O) groups excluding carboxylic acids is 1. The van der Waals surface area contributed by atoms with E-state index in [9.17, 15) is 4.79 Å². The largest absolute Gasteiger partial charge is 0.378 e. The van der Waals surface area contributed by atoms with Gasteiger partial charge in [0.05, 0.1) is 18.2 Å². The van der Waals surface area contributed by atoms with Crippen LogP contribution in [0.5, 0.6) is 0 Å². The first-order valence-electron chi connectivity index (χ1n) is 6.82. The van der Waals surface area contributed by atoms with E-state index in [1.54, 1.807) is 6.20 Å². The van der Waals surface area contributed by atoms with Gasteiger partial charge in [-0.1, -0.05) is 12.1 Å². The van der Waals surface area contributed by atoms with E-state index in [4.69, 9.17) is 4.74 Å². The topological polar surface area (TPSA) is 67.0 Å². The maximum absolute atomic E-state index is 11.9. The van der Waals surface area contributed by atoms with E-state index in [1.165, 1.54) is 0 Å². The second-order valence-corrected chi connectivity index (χ2v) is 4.93. The molecule has 1 amide bonds. The average molecular weight is 271 g/mol. The average Bonchev–Trinajstić information content (AvgIpc) is 3.12. The maximum atomic E-state index is 11.9. The van der Waals surface area contributed by atoms with Crippen LogP contribution in [0.4, 0.5) is 5.69 Å². The zero-order valence-corrected chi connectivity index (χ0v) is 11.1. The van der Waals surface area contributed by atoms with Crippen molar-refractivity contribution >= 4 is 11.6 Å². The number of hydrogen-bond acceptors (Lipinski definition) is 3. The van der Waals surface area contributed by atoms with Crippen LogP contribution in [0.3, 0.4) is 0 Å². The summed E-state index contributed by atoms with van der Waals surface area (Å²) < 4.78 is 5.46. The molecule has 0 spiro atoms. The van der Waals surface area contributed by atoms with Crippen molar-refractivity contribution in [3.05, 3.63) is 36.5 Å². The number of ether oxygens (including phenoxy) is 1. The minimum absolute atomic E-state index is 0.00573. The quantitative estimate of drug-likeness (QED) is 0.898. The number of aromatic amines is 1. The number of H-pyrrole nitrogens is 1. The van der Waals surface area contributed by atoms with Crippen molar-refractivity contribution in [2.45, 2.75) is 25.4 Å². The van der Waals surface area contributed by atoms with Gasteiger partial charge in [0.15, 0.2) is 0 Å². The van der Waals surface area contributed by atoms with Crippen LogP contribution in [0.1, 0.15) is 19.3 Å². The van der Waals surface area contributed by atoms with Crippen molar-refractivity contribution in [2.24, 2.45) is 0 Å². The zero-order valence-electron chi connectivity index (χ0n) is 11.1. The predicted octanol–water partition coefficient (Wildman–Crippen LogP) is 2.58. The smallest absolute Gasteiger partial charge is 0.226 e. The number of amides is 1. The molecular weight excluding hydrogens is 254 g/mol. The lowest BCUT2D eigenvalue weighted by molar-refractivity contribution is -0.118. The fourth-order valence-corrected chi connectivity index (χ4v) is 2.37.